The highest BCUT2D eigenvalue weighted by Crippen LogP contribution is 2.40. The number of carbonyl (C=O) groups is 1. The summed E-state index contributed by atoms with van der Waals surface area (Å²) in [5, 5.41) is 0. The maximum Gasteiger partial charge on any atom is 0.274 e. The molecule has 0 saturated carbocycles. The number of aromatic nitrogens is 3. The van der Waals surface area contributed by atoms with Gasteiger partial charge in [-0.05, 0) is 36.1 Å². The van der Waals surface area contributed by atoms with Gasteiger partial charge in [0.05, 0.1) is 6.20 Å². The first kappa shape index (κ1) is 19.5. The fraction of sp³-hybridized carbons (Fsp3) is 0.333. The number of likely N-dealkylation sites (tertiary alicyclic amines) is 1. The standard InChI is InChI=1S/C24H25N5O2/c1-27(2)19-5-3-17(4-6-19)20-7-8-22(30)29-14-16-11-18(23(20)29)15-28(13-16)24(31)21-12-25-9-10-26-21/h3-10,12,16,18H,11,13-15H2,1-2H3/t16-,18+/m0/s1. The van der Waals surface area contributed by atoms with Crippen LogP contribution in [-0.2, 0) is 6.54 Å². The summed E-state index contributed by atoms with van der Waals surface area (Å²) in [4.78, 5) is 37.9. The molecule has 1 saturated heterocycles. The van der Waals surface area contributed by atoms with Crippen LogP contribution in [0.25, 0.3) is 11.1 Å². The average Bonchev–Trinajstić information content (AvgIpc) is 2.80. The molecule has 1 amide bonds. The first-order chi connectivity index (χ1) is 15.0. The molecule has 0 radical (unpaired) electrons. The zero-order valence-electron chi connectivity index (χ0n) is 17.7. The number of benzene rings is 1. The average molecular weight is 415 g/mol. The fourth-order valence-electron chi connectivity index (χ4n) is 4.94. The summed E-state index contributed by atoms with van der Waals surface area (Å²) in [6, 6.07) is 12.0. The maximum absolute atomic E-state index is 13.0. The number of piperidine rings is 1. The van der Waals surface area contributed by atoms with Crippen molar-refractivity contribution in [3.05, 3.63) is 76.7 Å². The van der Waals surface area contributed by atoms with Gasteiger partial charge in [-0.25, -0.2) is 4.98 Å². The van der Waals surface area contributed by atoms with E-state index in [0.29, 0.717) is 25.3 Å². The monoisotopic (exact) mass is 415 g/mol. The summed E-state index contributed by atoms with van der Waals surface area (Å²) in [5.41, 5.74) is 4.73. The highest BCUT2D eigenvalue weighted by Gasteiger charge is 2.38. The van der Waals surface area contributed by atoms with Crippen molar-refractivity contribution in [2.24, 2.45) is 5.92 Å². The van der Waals surface area contributed by atoms with Gasteiger partial charge in [0, 0.05) is 75.1 Å². The molecule has 0 N–H and O–H groups in total. The van der Waals surface area contributed by atoms with E-state index in [2.05, 4.69) is 39.1 Å². The van der Waals surface area contributed by atoms with Gasteiger partial charge in [-0.2, -0.15) is 0 Å². The van der Waals surface area contributed by atoms with E-state index >= 15 is 0 Å². The van der Waals surface area contributed by atoms with E-state index in [4.69, 9.17) is 0 Å². The van der Waals surface area contributed by atoms with Crippen LogP contribution >= 0.6 is 0 Å². The van der Waals surface area contributed by atoms with Crippen LogP contribution in [0.5, 0.6) is 0 Å². The molecular weight excluding hydrogens is 390 g/mol. The van der Waals surface area contributed by atoms with Crippen LogP contribution in [0.2, 0.25) is 0 Å². The smallest absolute Gasteiger partial charge is 0.274 e. The van der Waals surface area contributed by atoms with E-state index in [1.807, 2.05) is 29.6 Å². The summed E-state index contributed by atoms with van der Waals surface area (Å²) in [6.07, 6.45) is 5.61. The first-order valence-corrected chi connectivity index (χ1v) is 10.6. The number of carbonyl (C=O) groups excluding carboxylic acids is 1. The van der Waals surface area contributed by atoms with Crippen LogP contribution in [-0.4, -0.2) is 52.5 Å². The lowest BCUT2D eigenvalue weighted by molar-refractivity contribution is 0.0589. The normalized spacial score (nSPS) is 19.6. The molecule has 2 aromatic heterocycles. The molecule has 7 heteroatoms. The highest BCUT2D eigenvalue weighted by molar-refractivity contribution is 5.92. The number of fused-ring (bicyclic) bond motifs is 4. The highest BCUT2D eigenvalue weighted by atomic mass is 16.2. The molecule has 0 aliphatic carbocycles. The third-order valence-corrected chi connectivity index (χ3v) is 6.35. The summed E-state index contributed by atoms with van der Waals surface area (Å²) in [7, 11) is 4.04. The second-order valence-electron chi connectivity index (χ2n) is 8.62. The topological polar surface area (TPSA) is 71.3 Å². The Bertz CT molecular complexity index is 1170. The Balaban J connectivity index is 1.52. The Kier molecular flexibility index (Phi) is 4.81. The third kappa shape index (κ3) is 3.50. The van der Waals surface area contributed by atoms with Crippen molar-refractivity contribution in [2.75, 3.05) is 32.1 Å². The zero-order valence-corrected chi connectivity index (χ0v) is 17.7. The van der Waals surface area contributed by atoms with Crippen molar-refractivity contribution in [3.8, 4) is 11.1 Å². The van der Waals surface area contributed by atoms with Gasteiger partial charge in [0.1, 0.15) is 5.69 Å². The Morgan fingerprint density at radius 2 is 1.84 bits per heavy atom. The number of nitrogens with zero attached hydrogens (tertiary/aromatic N) is 5. The van der Waals surface area contributed by atoms with Crippen molar-refractivity contribution >= 4 is 11.6 Å². The minimum atomic E-state index is -0.0913. The number of amides is 1. The van der Waals surface area contributed by atoms with E-state index in [1.54, 1.807) is 18.5 Å². The van der Waals surface area contributed by atoms with Gasteiger partial charge < -0.3 is 14.4 Å². The lowest BCUT2D eigenvalue weighted by Gasteiger charge is -2.43. The Morgan fingerprint density at radius 1 is 1.03 bits per heavy atom. The summed E-state index contributed by atoms with van der Waals surface area (Å²) >= 11 is 0. The number of rotatable bonds is 3. The van der Waals surface area contributed by atoms with Crippen LogP contribution in [0.4, 0.5) is 5.69 Å². The van der Waals surface area contributed by atoms with Gasteiger partial charge in [0.2, 0.25) is 0 Å². The van der Waals surface area contributed by atoms with E-state index in [-0.39, 0.29) is 23.3 Å². The maximum atomic E-state index is 13.0. The van der Waals surface area contributed by atoms with Gasteiger partial charge in [-0.3, -0.25) is 14.6 Å². The Labute approximate surface area is 181 Å². The van der Waals surface area contributed by atoms with Crippen molar-refractivity contribution in [1.29, 1.82) is 0 Å². The Morgan fingerprint density at radius 3 is 2.55 bits per heavy atom. The van der Waals surface area contributed by atoms with Crippen LogP contribution in [0, 0.1) is 5.92 Å². The van der Waals surface area contributed by atoms with Crippen molar-refractivity contribution in [3.63, 3.8) is 0 Å². The van der Waals surface area contributed by atoms with Gasteiger partial charge in [0.25, 0.3) is 11.5 Å². The van der Waals surface area contributed by atoms with Crippen LogP contribution in [0.15, 0.2) is 59.8 Å². The molecule has 7 nitrogen and oxygen atoms in total. The minimum absolute atomic E-state index is 0.0343. The van der Waals surface area contributed by atoms with E-state index in [9.17, 15) is 9.59 Å². The molecule has 2 atom stereocenters. The fourth-order valence-corrected chi connectivity index (χ4v) is 4.94. The molecular formula is C24H25N5O2. The molecule has 2 bridgehead atoms. The van der Waals surface area contributed by atoms with Crippen molar-refractivity contribution < 1.29 is 4.79 Å². The van der Waals surface area contributed by atoms with Crippen LogP contribution in [0.3, 0.4) is 0 Å². The number of hydrogen-bond acceptors (Lipinski definition) is 5. The largest absolute Gasteiger partial charge is 0.378 e. The SMILES string of the molecule is CN(C)c1ccc(-c2ccc(=O)n3c2[C@@H]2C[C@@H](CN(C(=O)c4cnccn4)C2)C3)cc1. The van der Waals surface area contributed by atoms with E-state index < -0.39 is 0 Å². The van der Waals surface area contributed by atoms with Crippen molar-refractivity contribution in [2.45, 2.75) is 18.9 Å². The lowest BCUT2D eigenvalue weighted by atomic mass is 9.80. The van der Waals surface area contributed by atoms with Gasteiger partial charge in [-0.1, -0.05) is 12.1 Å². The molecule has 0 spiro atoms. The zero-order chi connectivity index (χ0) is 21.5. The van der Waals surface area contributed by atoms with Gasteiger partial charge in [0.15, 0.2) is 0 Å². The van der Waals surface area contributed by atoms with E-state index in [1.165, 1.54) is 6.20 Å². The molecule has 3 aromatic rings. The lowest BCUT2D eigenvalue weighted by Crippen LogP contribution is -2.49. The number of anilines is 1. The molecule has 31 heavy (non-hydrogen) atoms. The summed E-state index contributed by atoms with van der Waals surface area (Å²) < 4.78 is 1.93. The molecule has 5 rings (SSSR count). The molecule has 4 heterocycles. The number of pyridine rings is 1. The van der Waals surface area contributed by atoms with Gasteiger partial charge >= 0.3 is 0 Å². The minimum Gasteiger partial charge on any atom is -0.378 e. The molecule has 2 aliphatic rings. The first-order valence-electron chi connectivity index (χ1n) is 10.6. The molecule has 1 aromatic carbocycles. The van der Waals surface area contributed by atoms with E-state index in [0.717, 1.165) is 28.9 Å². The predicted octanol–water partition coefficient (Wildman–Crippen LogP) is 2.63. The number of hydrogen-bond donors (Lipinski definition) is 0. The van der Waals surface area contributed by atoms with Crippen LogP contribution in [0.1, 0.15) is 28.5 Å². The molecule has 2 aliphatic heterocycles. The molecule has 0 unspecified atom stereocenters. The van der Waals surface area contributed by atoms with Crippen LogP contribution < -0.4 is 10.5 Å². The Hall–Kier alpha value is -3.48. The summed E-state index contributed by atoms with van der Waals surface area (Å²) in [6.45, 7) is 1.86. The van der Waals surface area contributed by atoms with Gasteiger partial charge in [-0.15, -0.1) is 0 Å². The second-order valence-corrected chi connectivity index (χ2v) is 8.62. The third-order valence-electron chi connectivity index (χ3n) is 6.35. The van der Waals surface area contributed by atoms with Crippen molar-refractivity contribution in [1.82, 2.24) is 19.4 Å². The second kappa shape index (κ2) is 7.65. The molecule has 1 fully saturated rings. The molecule has 158 valence electrons. The predicted molar refractivity (Wildman–Crippen MR) is 119 cm³/mol. The summed E-state index contributed by atoms with van der Waals surface area (Å²) in [5.74, 6) is 0.285. The quantitative estimate of drug-likeness (QED) is 0.658.